The van der Waals surface area contributed by atoms with Crippen molar-refractivity contribution in [3.05, 3.63) is 81.9 Å². The van der Waals surface area contributed by atoms with Gasteiger partial charge in [0.2, 0.25) is 0 Å². The Morgan fingerprint density at radius 1 is 0.846 bits per heavy atom. The quantitative estimate of drug-likeness (QED) is 0.281. The van der Waals surface area contributed by atoms with Gasteiger partial charge in [0.05, 0.1) is 0 Å². The second kappa shape index (κ2) is 10.8. The van der Waals surface area contributed by atoms with Crippen LogP contribution in [-0.2, 0) is 30.8 Å². The molecule has 2 aliphatic rings. The molecular formula is C22H24Cl2SiZr-2. The predicted molar refractivity (Wildman–Crippen MR) is 114 cm³/mol. The molecule has 0 bridgehead atoms. The zero-order valence-corrected chi connectivity index (χ0v) is 20.8. The summed E-state index contributed by atoms with van der Waals surface area (Å²) in [6.07, 6.45) is 6.64. The van der Waals surface area contributed by atoms with Crippen molar-refractivity contribution in [2.24, 2.45) is 0 Å². The second-order valence-electron chi connectivity index (χ2n) is 6.81. The fraction of sp³-hybridized carbons (Fsp3) is 0.273. The molecular weight excluding hydrogens is 454 g/mol. The maximum absolute atomic E-state index is 5.62. The van der Waals surface area contributed by atoms with E-state index in [1.165, 1.54) is 33.4 Å². The van der Waals surface area contributed by atoms with Gasteiger partial charge in [0.1, 0.15) is 0 Å². The van der Waals surface area contributed by atoms with Gasteiger partial charge in [-0.05, 0) is 12.8 Å². The third-order valence-corrected chi connectivity index (χ3v) is 23.8. The third kappa shape index (κ3) is 6.97. The molecule has 4 rings (SSSR count). The van der Waals surface area contributed by atoms with E-state index in [1.54, 1.807) is 0 Å². The number of hydrogen-bond donors (Lipinski definition) is 0. The van der Waals surface area contributed by atoms with E-state index in [4.69, 9.17) is 17.0 Å². The van der Waals surface area contributed by atoms with Gasteiger partial charge in [0.15, 0.2) is 0 Å². The Morgan fingerprint density at radius 3 is 1.54 bits per heavy atom. The molecule has 0 fully saturated rings. The molecule has 2 aromatic carbocycles. The van der Waals surface area contributed by atoms with Gasteiger partial charge < -0.3 is 0 Å². The second-order valence-corrected chi connectivity index (χ2v) is 29.8. The normalized spacial score (nSPS) is 13.2. The Labute approximate surface area is 173 Å². The molecule has 0 aliphatic heterocycles. The van der Waals surface area contributed by atoms with Crippen molar-refractivity contribution >= 4 is 34.6 Å². The first-order valence-corrected chi connectivity index (χ1v) is 21.2. The molecule has 136 valence electrons. The van der Waals surface area contributed by atoms with E-state index >= 15 is 0 Å². The van der Waals surface area contributed by atoms with E-state index in [0.717, 1.165) is 12.8 Å². The number of rotatable bonds is 0. The molecule has 0 nitrogen and oxygen atoms in total. The Bertz CT molecular complexity index is 786. The van der Waals surface area contributed by atoms with Crippen LogP contribution in [0.3, 0.4) is 0 Å². The first kappa shape index (κ1) is 21.9. The van der Waals surface area contributed by atoms with Crippen LogP contribution in [0.25, 0.3) is 12.2 Å². The monoisotopic (exact) mass is 476 g/mol. The number of allylic oxidation sites excluding steroid dienone is 2. The van der Waals surface area contributed by atoms with E-state index in [-0.39, 0.29) is 5.43 Å². The van der Waals surface area contributed by atoms with Crippen molar-refractivity contribution in [3.8, 4) is 0 Å². The standard InChI is InChI=1S/2C10H9.C2H6Si.2ClH.Zr/c2*1-8-6-9-4-2-3-5-10(9)7-8;1-3-2;;;/h2*2-4,7H,6H2,1H3;1-2H3;2*1H;/q2*-1;;;;+2/p-2. The molecule has 4 heteroatoms. The number of halogens is 2. The molecule has 0 aromatic heterocycles. The molecule has 0 unspecified atom stereocenters. The molecule has 0 radical (unpaired) electrons. The molecule has 0 amide bonds. The molecule has 0 saturated carbocycles. The van der Waals surface area contributed by atoms with E-state index in [9.17, 15) is 0 Å². The first-order valence-electron chi connectivity index (χ1n) is 8.68. The summed E-state index contributed by atoms with van der Waals surface area (Å²) >= 11 is -1.65. The van der Waals surface area contributed by atoms with E-state index in [2.05, 4.69) is 63.4 Å². The third-order valence-electron chi connectivity index (χ3n) is 4.05. The Kier molecular flexibility index (Phi) is 9.10. The fourth-order valence-corrected chi connectivity index (χ4v) is 2.74. The van der Waals surface area contributed by atoms with Gasteiger partial charge in [0, 0.05) is 0 Å². The Hall–Kier alpha value is -0.400. The molecule has 0 saturated heterocycles. The van der Waals surface area contributed by atoms with Gasteiger partial charge >= 0.3 is 53.5 Å². The van der Waals surface area contributed by atoms with Gasteiger partial charge in [-0.1, -0.05) is 13.8 Å². The molecule has 0 heterocycles. The summed E-state index contributed by atoms with van der Waals surface area (Å²) in [5, 5.41) is 0. The van der Waals surface area contributed by atoms with Gasteiger partial charge in [0.25, 0.3) is 0 Å². The summed E-state index contributed by atoms with van der Waals surface area (Å²) in [4.78, 5) is 0. The predicted octanol–water partition coefficient (Wildman–Crippen LogP) is 7.06. The summed E-state index contributed by atoms with van der Waals surface area (Å²) in [6.45, 7) is 8.65. The molecule has 0 spiro atoms. The average molecular weight is 479 g/mol. The summed E-state index contributed by atoms with van der Waals surface area (Å²) in [6, 6.07) is 18.8. The molecule has 0 N–H and O–H groups in total. The summed E-state index contributed by atoms with van der Waals surface area (Å²) in [7, 11) is 11.2. The maximum atomic E-state index is 5.62. The van der Waals surface area contributed by atoms with Crippen LogP contribution >= 0.6 is 17.0 Å². The summed E-state index contributed by atoms with van der Waals surface area (Å²) in [5.74, 6) is 0. The number of hydrogen-bond acceptors (Lipinski definition) is 0. The minimum atomic E-state index is -1.65. The Balaban J connectivity index is 0.000000146. The summed E-state index contributed by atoms with van der Waals surface area (Å²) in [5.41, 5.74) is 8.05. The minimum absolute atomic E-state index is 0.224. The zero-order valence-electron chi connectivity index (χ0n) is 15.8. The molecule has 26 heavy (non-hydrogen) atoms. The van der Waals surface area contributed by atoms with E-state index < -0.39 is 18.0 Å². The van der Waals surface area contributed by atoms with Gasteiger partial charge in [-0.15, -0.1) is 94.1 Å². The van der Waals surface area contributed by atoms with Crippen LogP contribution in [-0.4, -0.2) is 5.43 Å². The molecule has 0 atom stereocenters. The van der Waals surface area contributed by atoms with Gasteiger partial charge in [-0.25, -0.2) is 0 Å². The number of fused-ring (bicyclic) bond motifs is 2. The topological polar surface area (TPSA) is 0 Å². The van der Waals surface area contributed by atoms with Crippen LogP contribution in [0.4, 0.5) is 0 Å². The van der Waals surface area contributed by atoms with E-state index in [1.807, 2.05) is 24.3 Å². The average Bonchev–Trinajstić information content (AvgIpc) is 3.16. The van der Waals surface area contributed by atoms with Crippen LogP contribution in [0.2, 0.25) is 13.1 Å². The molecule has 2 aromatic rings. The van der Waals surface area contributed by atoms with Crippen molar-refractivity contribution in [2.75, 3.05) is 0 Å². The van der Waals surface area contributed by atoms with Gasteiger partial charge in [-0.3, -0.25) is 0 Å². The van der Waals surface area contributed by atoms with Crippen molar-refractivity contribution in [1.82, 2.24) is 0 Å². The van der Waals surface area contributed by atoms with E-state index in [0.29, 0.717) is 0 Å². The SMILES string of the molecule is CC1=Cc2[c-]cccc2C1.CC1=Cc2[c-]cccc2C1.C[Si](C)=[Zr]([Cl])[Cl]. The summed E-state index contributed by atoms with van der Waals surface area (Å²) < 4.78 is 0. The van der Waals surface area contributed by atoms with Crippen LogP contribution < -0.4 is 0 Å². The Morgan fingerprint density at radius 2 is 1.23 bits per heavy atom. The number of benzene rings is 2. The first-order chi connectivity index (χ1) is 12.4. The van der Waals surface area contributed by atoms with Crippen LogP contribution in [0.5, 0.6) is 0 Å². The van der Waals surface area contributed by atoms with Gasteiger partial charge in [-0.2, -0.15) is 0 Å². The van der Waals surface area contributed by atoms with Crippen LogP contribution in [0, 0.1) is 12.1 Å². The van der Waals surface area contributed by atoms with Crippen LogP contribution in [0.1, 0.15) is 36.1 Å². The molecule has 2 aliphatic carbocycles. The zero-order chi connectivity index (χ0) is 19.1. The fourth-order valence-electron chi connectivity index (χ4n) is 2.74. The van der Waals surface area contributed by atoms with Crippen molar-refractivity contribution in [2.45, 2.75) is 39.8 Å². The van der Waals surface area contributed by atoms with Crippen LogP contribution in [0.15, 0.2) is 47.5 Å². The van der Waals surface area contributed by atoms with Crippen molar-refractivity contribution in [1.29, 1.82) is 0 Å². The van der Waals surface area contributed by atoms with Crippen molar-refractivity contribution < 1.29 is 18.0 Å². The van der Waals surface area contributed by atoms with Crippen molar-refractivity contribution in [3.63, 3.8) is 0 Å².